The first-order valence-electron chi connectivity index (χ1n) is 7.78. The summed E-state index contributed by atoms with van der Waals surface area (Å²) < 4.78 is 15.8. The molecule has 2 rings (SSSR count). The SMILES string of the molecule is COC(=O)/C(=C\N)c1c(C)ccn1Cc1ccc(OC)cc1.COC=O. The Morgan fingerprint density at radius 2 is 1.77 bits per heavy atom. The number of aryl methyl sites for hydroxylation is 1. The molecular weight excluding hydrogens is 336 g/mol. The molecule has 1 aromatic carbocycles. The van der Waals surface area contributed by atoms with Crippen LogP contribution in [0.5, 0.6) is 5.75 Å². The highest BCUT2D eigenvalue weighted by molar-refractivity contribution is 6.16. The zero-order chi connectivity index (χ0) is 19.5. The molecule has 0 aliphatic rings. The average Bonchev–Trinajstić information content (AvgIpc) is 3.03. The normalized spacial score (nSPS) is 10.4. The van der Waals surface area contributed by atoms with Crippen molar-refractivity contribution in [1.29, 1.82) is 0 Å². The minimum Gasteiger partial charge on any atom is -0.497 e. The van der Waals surface area contributed by atoms with Crippen LogP contribution in [0, 0.1) is 6.92 Å². The van der Waals surface area contributed by atoms with Crippen LogP contribution in [0.3, 0.4) is 0 Å². The molecule has 140 valence electrons. The summed E-state index contributed by atoms with van der Waals surface area (Å²) in [7, 11) is 4.29. The lowest BCUT2D eigenvalue weighted by Crippen LogP contribution is -2.12. The predicted molar refractivity (Wildman–Crippen MR) is 98.5 cm³/mol. The Bertz CT molecular complexity index is 748. The molecule has 0 fully saturated rings. The quantitative estimate of drug-likeness (QED) is 0.482. The Morgan fingerprint density at radius 3 is 2.23 bits per heavy atom. The second-order valence-electron chi connectivity index (χ2n) is 5.23. The van der Waals surface area contributed by atoms with E-state index in [2.05, 4.69) is 4.74 Å². The van der Waals surface area contributed by atoms with Gasteiger partial charge in [-0.05, 0) is 36.2 Å². The van der Waals surface area contributed by atoms with Gasteiger partial charge in [0.05, 0.1) is 32.6 Å². The van der Waals surface area contributed by atoms with E-state index in [0.29, 0.717) is 18.6 Å². The van der Waals surface area contributed by atoms with Gasteiger partial charge in [0.1, 0.15) is 5.75 Å². The third-order valence-electron chi connectivity index (χ3n) is 3.60. The fourth-order valence-corrected chi connectivity index (χ4v) is 2.36. The van der Waals surface area contributed by atoms with Crippen molar-refractivity contribution in [3.05, 3.63) is 59.5 Å². The van der Waals surface area contributed by atoms with Crippen molar-refractivity contribution in [2.24, 2.45) is 5.73 Å². The Balaban J connectivity index is 0.000000765. The van der Waals surface area contributed by atoms with E-state index in [1.54, 1.807) is 7.11 Å². The average molecular weight is 360 g/mol. The largest absolute Gasteiger partial charge is 0.497 e. The molecule has 0 spiro atoms. The van der Waals surface area contributed by atoms with E-state index in [1.165, 1.54) is 20.4 Å². The molecule has 0 aliphatic carbocycles. The molecule has 0 unspecified atom stereocenters. The molecule has 7 nitrogen and oxygen atoms in total. The van der Waals surface area contributed by atoms with Gasteiger partial charge in [-0.3, -0.25) is 4.79 Å². The topological polar surface area (TPSA) is 92.8 Å². The molecule has 2 N–H and O–H groups in total. The number of benzene rings is 1. The van der Waals surface area contributed by atoms with Gasteiger partial charge in [-0.25, -0.2) is 4.79 Å². The van der Waals surface area contributed by atoms with Gasteiger partial charge in [0, 0.05) is 18.9 Å². The predicted octanol–water partition coefficient (Wildman–Crippen LogP) is 2.12. The van der Waals surface area contributed by atoms with Crippen molar-refractivity contribution < 1.29 is 23.8 Å². The van der Waals surface area contributed by atoms with E-state index in [0.717, 1.165) is 22.6 Å². The molecule has 0 saturated carbocycles. The Kier molecular flexibility index (Phi) is 8.49. The van der Waals surface area contributed by atoms with Crippen LogP contribution in [0.2, 0.25) is 0 Å². The van der Waals surface area contributed by atoms with Crippen molar-refractivity contribution in [1.82, 2.24) is 4.57 Å². The molecule has 0 radical (unpaired) electrons. The minimum absolute atomic E-state index is 0.360. The van der Waals surface area contributed by atoms with Gasteiger partial charge < -0.3 is 24.5 Å². The van der Waals surface area contributed by atoms with E-state index < -0.39 is 5.97 Å². The summed E-state index contributed by atoms with van der Waals surface area (Å²) in [6, 6.07) is 9.74. The summed E-state index contributed by atoms with van der Waals surface area (Å²) in [5.41, 5.74) is 8.81. The number of aromatic nitrogens is 1. The number of esters is 1. The summed E-state index contributed by atoms with van der Waals surface area (Å²) >= 11 is 0. The summed E-state index contributed by atoms with van der Waals surface area (Å²) in [4.78, 5) is 20.8. The standard InChI is InChI=1S/C17H20N2O3.C2H4O2/c1-12-8-9-19(16(12)15(10-18)17(20)22-3)11-13-4-6-14(21-2)7-5-13;1-4-2-3/h4-10H,11,18H2,1-3H3;2H,1H3/b15-10-;. The zero-order valence-corrected chi connectivity index (χ0v) is 15.4. The minimum atomic E-state index is -0.444. The molecular formula is C19H24N2O5. The lowest BCUT2D eigenvalue weighted by Gasteiger charge is -2.12. The highest BCUT2D eigenvalue weighted by atomic mass is 16.5. The Labute approximate surface area is 153 Å². The molecule has 1 aromatic heterocycles. The van der Waals surface area contributed by atoms with Gasteiger partial charge in [0.25, 0.3) is 6.47 Å². The smallest absolute Gasteiger partial charge is 0.341 e. The van der Waals surface area contributed by atoms with Crippen LogP contribution in [0.15, 0.2) is 42.7 Å². The van der Waals surface area contributed by atoms with Crippen molar-refractivity contribution in [2.75, 3.05) is 21.3 Å². The van der Waals surface area contributed by atoms with E-state index >= 15 is 0 Å². The summed E-state index contributed by atoms with van der Waals surface area (Å²) in [6.07, 6.45) is 3.22. The lowest BCUT2D eigenvalue weighted by atomic mass is 10.1. The maximum Gasteiger partial charge on any atom is 0.341 e. The summed E-state index contributed by atoms with van der Waals surface area (Å²) in [6.45, 7) is 2.94. The highest BCUT2D eigenvalue weighted by Crippen LogP contribution is 2.22. The third kappa shape index (κ3) is 5.41. The fraction of sp³-hybridized carbons (Fsp3) is 0.263. The molecule has 0 aliphatic heterocycles. The number of hydrogen-bond donors (Lipinski definition) is 1. The van der Waals surface area contributed by atoms with Crippen molar-refractivity contribution >= 4 is 18.0 Å². The molecule has 26 heavy (non-hydrogen) atoms. The first-order chi connectivity index (χ1) is 12.5. The first kappa shape index (κ1) is 20.8. The number of carbonyl (C=O) groups is 2. The summed E-state index contributed by atoms with van der Waals surface area (Å²) in [5, 5.41) is 0. The van der Waals surface area contributed by atoms with Crippen molar-refractivity contribution in [3.8, 4) is 5.75 Å². The number of nitrogens with zero attached hydrogens (tertiary/aromatic N) is 1. The van der Waals surface area contributed by atoms with Crippen LogP contribution in [0.4, 0.5) is 0 Å². The van der Waals surface area contributed by atoms with Gasteiger partial charge in [-0.1, -0.05) is 12.1 Å². The zero-order valence-electron chi connectivity index (χ0n) is 15.4. The Hall–Kier alpha value is -3.22. The monoisotopic (exact) mass is 360 g/mol. The lowest BCUT2D eigenvalue weighted by molar-refractivity contribution is -0.133. The van der Waals surface area contributed by atoms with Crippen LogP contribution < -0.4 is 10.5 Å². The van der Waals surface area contributed by atoms with Crippen molar-refractivity contribution in [3.63, 3.8) is 0 Å². The number of rotatable bonds is 6. The maximum atomic E-state index is 11.9. The number of carbonyl (C=O) groups excluding carboxylic acids is 2. The molecule has 1 heterocycles. The van der Waals surface area contributed by atoms with E-state index in [1.807, 2.05) is 48.0 Å². The number of ether oxygens (including phenoxy) is 3. The van der Waals surface area contributed by atoms with E-state index in [9.17, 15) is 4.79 Å². The summed E-state index contributed by atoms with van der Waals surface area (Å²) in [5.74, 6) is 0.366. The van der Waals surface area contributed by atoms with Crippen LogP contribution >= 0.6 is 0 Å². The molecule has 0 bridgehead atoms. The third-order valence-corrected chi connectivity index (χ3v) is 3.60. The maximum absolute atomic E-state index is 11.9. The van der Waals surface area contributed by atoms with Gasteiger partial charge in [0.15, 0.2) is 0 Å². The first-order valence-corrected chi connectivity index (χ1v) is 7.78. The van der Waals surface area contributed by atoms with Crippen LogP contribution in [0.25, 0.3) is 5.57 Å². The molecule has 2 aromatic rings. The second kappa shape index (κ2) is 10.6. The fourth-order valence-electron chi connectivity index (χ4n) is 2.36. The van der Waals surface area contributed by atoms with Crippen LogP contribution in [0.1, 0.15) is 16.8 Å². The molecule has 0 saturated heterocycles. The van der Waals surface area contributed by atoms with Crippen LogP contribution in [-0.2, 0) is 25.6 Å². The number of hydrogen-bond acceptors (Lipinski definition) is 6. The molecule has 0 atom stereocenters. The molecule has 7 heteroatoms. The second-order valence-corrected chi connectivity index (χ2v) is 5.23. The van der Waals surface area contributed by atoms with Crippen LogP contribution in [-0.4, -0.2) is 38.3 Å². The highest BCUT2D eigenvalue weighted by Gasteiger charge is 2.18. The Morgan fingerprint density at radius 1 is 1.15 bits per heavy atom. The molecule has 0 amide bonds. The van der Waals surface area contributed by atoms with Gasteiger partial charge in [0.2, 0.25) is 0 Å². The van der Waals surface area contributed by atoms with E-state index in [4.69, 9.17) is 20.0 Å². The number of nitrogens with two attached hydrogens (primary N) is 1. The van der Waals surface area contributed by atoms with Crippen molar-refractivity contribution in [2.45, 2.75) is 13.5 Å². The van der Waals surface area contributed by atoms with E-state index in [-0.39, 0.29) is 0 Å². The number of methoxy groups -OCH3 is 3. The van der Waals surface area contributed by atoms with Gasteiger partial charge in [-0.15, -0.1) is 0 Å². The van der Waals surface area contributed by atoms with Gasteiger partial charge in [-0.2, -0.15) is 0 Å². The van der Waals surface area contributed by atoms with Gasteiger partial charge >= 0.3 is 5.97 Å².